The molecule has 5 N–H and O–H groups in total. The first-order valence-corrected chi connectivity index (χ1v) is 8.05. The Balaban J connectivity index is 0.00000220. The van der Waals surface area contributed by atoms with E-state index < -0.39 is 15.6 Å². The number of nitrogens with one attached hydrogen (secondary N) is 1. The molecule has 6 nitrogen and oxygen atoms in total. The van der Waals surface area contributed by atoms with Crippen LogP contribution < -0.4 is 16.2 Å². The molecule has 1 fully saturated rings. The van der Waals surface area contributed by atoms with Crippen LogP contribution in [0.3, 0.4) is 0 Å². The molecule has 1 aromatic rings. The van der Waals surface area contributed by atoms with Gasteiger partial charge in [-0.3, -0.25) is 4.79 Å². The van der Waals surface area contributed by atoms with E-state index in [1.165, 1.54) is 12.1 Å². The van der Waals surface area contributed by atoms with Gasteiger partial charge in [0.25, 0.3) is 0 Å². The lowest BCUT2D eigenvalue weighted by atomic mass is 9.98. The standard InChI is InChI=1S/C13H19N3O3S.ClH/c14-13(7-1-2-8-13)12(17)16-9-10-3-5-11(6-4-10)20(15,18)19;/h3-6H,1-2,7-9,14H2,(H,16,17)(H2,15,18,19);1H. The molecule has 0 aliphatic heterocycles. The normalized spacial score (nSPS) is 17.0. The number of hydrogen-bond acceptors (Lipinski definition) is 4. The Morgan fingerprint density at radius 3 is 2.19 bits per heavy atom. The first kappa shape index (κ1) is 17.9. The van der Waals surface area contributed by atoms with Crippen LogP contribution in [0.1, 0.15) is 31.2 Å². The number of hydrogen-bond donors (Lipinski definition) is 3. The number of nitrogens with two attached hydrogens (primary N) is 2. The first-order chi connectivity index (χ1) is 9.31. The maximum Gasteiger partial charge on any atom is 0.240 e. The molecule has 118 valence electrons. The number of primary sulfonamides is 1. The summed E-state index contributed by atoms with van der Waals surface area (Å²) in [6.07, 6.45) is 3.38. The summed E-state index contributed by atoms with van der Waals surface area (Å²) in [5.74, 6) is -0.148. The summed E-state index contributed by atoms with van der Waals surface area (Å²) in [5.41, 5.74) is 6.09. The van der Waals surface area contributed by atoms with E-state index in [9.17, 15) is 13.2 Å². The number of rotatable bonds is 4. The number of benzene rings is 1. The molecule has 1 aromatic carbocycles. The minimum atomic E-state index is -3.68. The number of sulfonamides is 1. The van der Waals surface area contributed by atoms with Gasteiger partial charge in [0.2, 0.25) is 15.9 Å². The highest BCUT2D eigenvalue weighted by Gasteiger charge is 2.36. The Hall–Kier alpha value is -1.15. The molecule has 8 heteroatoms. The third kappa shape index (κ3) is 4.41. The highest BCUT2D eigenvalue weighted by atomic mass is 35.5. The largest absolute Gasteiger partial charge is 0.350 e. The summed E-state index contributed by atoms with van der Waals surface area (Å²) in [7, 11) is -3.68. The topological polar surface area (TPSA) is 115 Å². The fraction of sp³-hybridized carbons (Fsp3) is 0.462. The molecule has 1 amide bonds. The molecule has 2 rings (SSSR count). The molecule has 1 aliphatic rings. The van der Waals surface area contributed by atoms with Gasteiger partial charge >= 0.3 is 0 Å². The third-order valence-corrected chi connectivity index (χ3v) is 4.58. The van der Waals surface area contributed by atoms with Crippen LogP contribution in [-0.2, 0) is 21.4 Å². The first-order valence-electron chi connectivity index (χ1n) is 6.50. The molecule has 1 saturated carbocycles. The third-order valence-electron chi connectivity index (χ3n) is 3.65. The Kier molecular flexibility index (Phi) is 5.75. The average Bonchev–Trinajstić information content (AvgIpc) is 2.84. The van der Waals surface area contributed by atoms with Crippen LogP contribution in [0.25, 0.3) is 0 Å². The van der Waals surface area contributed by atoms with E-state index in [2.05, 4.69) is 5.32 Å². The van der Waals surface area contributed by atoms with Crippen LogP contribution in [0.15, 0.2) is 29.2 Å². The Morgan fingerprint density at radius 1 is 1.19 bits per heavy atom. The van der Waals surface area contributed by atoms with Crippen LogP contribution >= 0.6 is 12.4 Å². The van der Waals surface area contributed by atoms with Gasteiger partial charge in [-0.1, -0.05) is 25.0 Å². The van der Waals surface area contributed by atoms with Crippen molar-refractivity contribution in [1.82, 2.24) is 5.32 Å². The monoisotopic (exact) mass is 333 g/mol. The van der Waals surface area contributed by atoms with Crippen molar-refractivity contribution in [2.24, 2.45) is 10.9 Å². The molecule has 0 saturated heterocycles. The van der Waals surface area contributed by atoms with Crippen LogP contribution in [0.5, 0.6) is 0 Å². The predicted molar refractivity (Wildman–Crippen MR) is 82.3 cm³/mol. The number of carbonyl (C=O) groups is 1. The van der Waals surface area contributed by atoms with Crippen molar-refractivity contribution in [3.63, 3.8) is 0 Å². The zero-order valence-corrected chi connectivity index (χ0v) is 13.2. The Morgan fingerprint density at radius 2 is 1.71 bits per heavy atom. The number of carbonyl (C=O) groups excluding carboxylic acids is 1. The van der Waals surface area contributed by atoms with Gasteiger partial charge in [-0.2, -0.15) is 0 Å². The molecule has 21 heavy (non-hydrogen) atoms. The fourth-order valence-corrected chi connectivity index (χ4v) is 2.90. The Labute approximate surface area is 130 Å². The van der Waals surface area contributed by atoms with Gasteiger partial charge in [0, 0.05) is 6.54 Å². The molecule has 0 atom stereocenters. The molecule has 0 aromatic heterocycles. The SMILES string of the molecule is Cl.NC1(C(=O)NCc2ccc(S(N)(=O)=O)cc2)CCCC1. The van der Waals surface area contributed by atoms with Crippen molar-refractivity contribution < 1.29 is 13.2 Å². The van der Waals surface area contributed by atoms with E-state index in [4.69, 9.17) is 10.9 Å². The highest BCUT2D eigenvalue weighted by Crippen LogP contribution is 2.27. The summed E-state index contributed by atoms with van der Waals surface area (Å²) in [4.78, 5) is 12.1. The van der Waals surface area contributed by atoms with E-state index in [1.807, 2.05) is 0 Å². The van der Waals surface area contributed by atoms with E-state index >= 15 is 0 Å². The van der Waals surface area contributed by atoms with Gasteiger partial charge in [0.05, 0.1) is 10.4 Å². The molecule has 0 heterocycles. The maximum atomic E-state index is 12.0. The summed E-state index contributed by atoms with van der Waals surface area (Å²) in [6, 6.07) is 6.09. The van der Waals surface area contributed by atoms with E-state index in [0.717, 1.165) is 18.4 Å². The predicted octanol–water partition coefficient (Wildman–Crippen LogP) is 0.643. The zero-order valence-electron chi connectivity index (χ0n) is 11.5. The summed E-state index contributed by atoms with van der Waals surface area (Å²) in [6.45, 7) is 0.322. The minimum absolute atomic E-state index is 0. The van der Waals surface area contributed by atoms with Crippen LogP contribution in [0, 0.1) is 0 Å². The van der Waals surface area contributed by atoms with E-state index in [-0.39, 0.29) is 23.2 Å². The summed E-state index contributed by atoms with van der Waals surface area (Å²) in [5, 5.41) is 7.81. The van der Waals surface area contributed by atoms with Gasteiger partial charge in [-0.25, -0.2) is 13.6 Å². The molecule has 0 spiro atoms. The summed E-state index contributed by atoms with van der Waals surface area (Å²) >= 11 is 0. The molecule has 0 unspecified atom stereocenters. The Bertz CT molecular complexity index is 596. The number of amides is 1. The zero-order chi connectivity index (χ0) is 14.8. The second-order valence-corrected chi connectivity index (χ2v) is 6.80. The quantitative estimate of drug-likeness (QED) is 0.750. The lowest BCUT2D eigenvalue weighted by Crippen LogP contribution is -2.51. The van der Waals surface area contributed by atoms with Gasteiger partial charge in [0.15, 0.2) is 0 Å². The molecule has 1 aliphatic carbocycles. The summed E-state index contributed by atoms with van der Waals surface area (Å²) < 4.78 is 22.2. The van der Waals surface area contributed by atoms with Gasteiger partial charge in [-0.15, -0.1) is 12.4 Å². The fourth-order valence-electron chi connectivity index (χ4n) is 2.39. The van der Waals surface area contributed by atoms with Crippen molar-refractivity contribution in [2.45, 2.75) is 42.7 Å². The molecule has 0 radical (unpaired) electrons. The molecular weight excluding hydrogens is 314 g/mol. The van der Waals surface area contributed by atoms with Crippen LogP contribution in [0.2, 0.25) is 0 Å². The second-order valence-electron chi connectivity index (χ2n) is 5.23. The molecule has 0 bridgehead atoms. The highest BCUT2D eigenvalue weighted by molar-refractivity contribution is 7.89. The van der Waals surface area contributed by atoms with Crippen molar-refractivity contribution >= 4 is 28.3 Å². The van der Waals surface area contributed by atoms with Crippen molar-refractivity contribution in [3.05, 3.63) is 29.8 Å². The van der Waals surface area contributed by atoms with Crippen LogP contribution in [0.4, 0.5) is 0 Å². The van der Waals surface area contributed by atoms with Gasteiger partial charge in [0.1, 0.15) is 0 Å². The second kappa shape index (κ2) is 6.74. The van der Waals surface area contributed by atoms with Gasteiger partial charge in [-0.05, 0) is 30.5 Å². The van der Waals surface area contributed by atoms with Crippen LogP contribution in [-0.4, -0.2) is 19.9 Å². The van der Waals surface area contributed by atoms with Crippen molar-refractivity contribution in [2.75, 3.05) is 0 Å². The van der Waals surface area contributed by atoms with Gasteiger partial charge < -0.3 is 11.1 Å². The molecular formula is C13H20ClN3O3S. The lowest BCUT2D eigenvalue weighted by molar-refractivity contribution is -0.126. The lowest BCUT2D eigenvalue weighted by Gasteiger charge is -2.22. The smallest absolute Gasteiger partial charge is 0.240 e. The van der Waals surface area contributed by atoms with E-state index in [1.54, 1.807) is 12.1 Å². The average molecular weight is 334 g/mol. The van der Waals surface area contributed by atoms with E-state index in [0.29, 0.717) is 19.4 Å². The maximum absolute atomic E-state index is 12.0. The minimum Gasteiger partial charge on any atom is -0.350 e. The number of halogens is 1. The van der Waals surface area contributed by atoms with Crippen molar-refractivity contribution in [3.8, 4) is 0 Å². The van der Waals surface area contributed by atoms with Crippen molar-refractivity contribution in [1.29, 1.82) is 0 Å².